The van der Waals surface area contributed by atoms with Gasteiger partial charge >= 0.3 is 0 Å². The minimum absolute atomic E-state index is 0.0760. The molecule has 3 heterocycles. The van der Waals surface area contributed by atoms with Gasteiger partial charge in [0.2, 0.25) is 11.0 Å². The number of terminal acetylenes is 1. The quantitative estimate of drug-likeness (QED) is 0.534. The van der Waals surface area contributed by atoms with E-state index in [0.29, 0.717) is 33.5 Å². The molecule has 3 aromatic rings. The molecule has 0 spiro atoms. The standard InChI is InChI=1S/C23H24N6O3S/c1-5-14-8-6-7-9-15(14)21-31-12-17(32-21)33-22-27-18-19(24)25-13-26-20(18)29(22)11-10-16(30)28-23(2,3)4/h1,6-9,12-13,21H,10-11H2,2-4H3,(H,28,30)(H2,24,25,26). The third kappa shape index (κ3) is 5.04. The van der Waals surface area contributed by atoms with E-state index in [2.05, 4.69) is 26.2 Å². The Labute approximate surface area is 195 Å². The van der Waals surface area contributed by atoms with Crippen LogP contribution in [0.5, 0.6) is 0 Å². The van der Waals surface area contributed by atoms with Crippen molar-refractivity contribution in [2.24, 2.45) is 0 Å². The molecule has 1 aliphatic heterocycles. The Morgan fingerprint density at radius 3 is 2.88 bits per heavy atom. The SMILES string of the molecule is C#Cc1ccccc1C1OC=C(Sc2nc3c(N)ncnc3n2CCC(=O)NC(C)(C)C)O1. The predicted molar refractivity (Wildman–Crippen MR) is 125 cm³/mol. The van der Waals surface area contributed by atoms with Crippen LogP contribution >= 0.6 is 11.8 Å². The molecule has 3 N–H and O–H groups in total. The third-order valence-corrected chi connectivity index (χ3v) is 5.56. The number of thioether (sulfide) groups is 1. The minimum Gasteiger partial charge on any atom is -0.454 e. The van der Waals surface area contributed by atoms with Crippen molar-refractivity contribution < 1.29 is 14.3 Å². The Kier molecular flexibility index (Phi) is 6.16. The highest BCUT2D eigenvalue weighted by Crippen LogP contribution is 2.39. The molecular formula is C23H24N6O3S. The average molecular weight is 465 g/mol. The maximum atomic E-state index is 12.4. The van der Waals surface area contributed by atoms with Crippen LogP contribution in [0, 0.1) is 12.3 Å². The molecule has 4 rings (SSSR count). The van der Waals surface area contributed by atoms with Gasteiger partial charge in [-0.3, -0.25) is 4.79 Å². The summed E-state index contributed by atoms with van der Waals surface area (Å²) in [7, 11) is 0. The van der Waals surface area contributed by atoms with Gasteiger partial charge in [0.1, 0.15) is 12.6 Å². The fraction of sp³-hybridized carbons (Fsp3) is 0.304. The first-order valence-corrected chi connectivity index (χ1v) is 11.1. The number of benzene rings is 1. The highest BCUT2D eigenvalue weighted by molar-refractivity contribution is 8.02. The summed E-state index contributed by atoms with van der Waals surface area (Å²) in [6.07, 6.45) is 8.08. The Bertz CT molecular complexity index is 1270. The normalized spacial score (nSPS) is 15.5. The molecule has 0 saturated heterocycles. The van der Waals surface area contributed by atoms with Crippen molar-refractivity contribution in [1.29, 1.82) is 0 Å². The molecule has 9 nitrogen and oxygen atoms in total. The fourth-order valence-electron chi connectivity index (χ4n) is 3.29. The summed E-state index contributed by atoms with van der Waals surface area (Å²) in [6, 6.07) is 7.43. The van der Waals surface area contributed by atoms with E-state index >= 15 is 0 Å². The molecule has 0 fully saturated rings. The molecule has 0 radical (unpaired) electrons. The minimum atomic E-state index is -0.653. The van der Waals surface area contributed by atoms with E-state index in [0.717, 1.165) is 5.56 Å². The molecule has 0 bridgehead atoms. The van der Waals surface area contributed by atoms with E-state index in [1.54, 1.807) is 0 Å². The highest BCUT2D eigenvalue weighted by Gasteiger charge is 2.27. The van der Waals surface area contributed by atoms with Crippen LogP contribution in [-0.4, -0.2) is 31.0 Å². The molecule has 1 aliphatic rings. The van der Waals surface area contributed by atoms with Gasteiger partial charge in [-0.2, -0.15) is 0 Å². The predicted octanol–water partition coefficient (Wildman–Crippen LogP) is 3.33. The number of rotatable bonds is 6. The van der Waals surface area contributed by atoms with Crippen LogP contribution in [0.2, 0.25) is 0 Å². The van der Waals surface area contributed by atoms with Crippen molar-refractivity contribution >= 4 is 34.7 Å². The van der Waals surface area contributed by atoms with Crippen LogP contribution in [0.3, 0.4) is 0 Å². The first-order valence-electron chi connectivity index (χ1n) is 10.3. The van der Waals surface area contributed by atoms with E-state index in [4.69, 9.17) is 21.6 Å². The van der Waals surface area contributed by atoms with Crippen molar-refractivity contribution in [1.82, 2.24) is 24.8 Å². The zero-order valence-electron chi connectivity index (χ0n) is 18.5. The molecule has 1 aromatic carbocycles. The van der Waals surface area contributed by atoms with Crippen LogP contribution in [-0.2, 0) is 20.8 Å². The number of aromatic nitrogens is 4. The van der Waals surface area contributed by atoms with Gasteiger partial charge in [-0.1, -0.05) is 24.1 Å². The molecule has 1 amide bonds. The Morgan fingerprint density at radius 1 is 1.33 bits per heavy atom. The van der Waals surface area contributed by atoms with E-state index in [1.807, 2.05) is 49.6 Å². The number of anilines is 1. The number of hydrogen-bond acceptors (Lipinski definition) is 8. The number of carbonyl (C=O) groups is 1. The van der Waals surface area contributed by atoms with Crippen molar-refractivity contribution in [2.75, 3.05) is 5.73 Å². The maximum absolute atomic E-state index is 12.4. The first-order chi connectivity index (χ1) is 15.7. The Hall–Kier alpha value is -3.71. The smallest absolute Gasteiger partial charge is 0.269 e. The number of nitrogens with zero attached hydrogens (tertiary/aromatic N) is 4. The number of nitrogen functional groups attached to an aromatic ring is 1. The summed E-state index contributed by atoms with van der Waals surface area (Å²) >= 11 is 1.25. The lowest BCUT2D eigenvalue weighted by Gasteiger charge is -2.20. The average Bonchev–Trinajstić information content (AvgIpc) is 3.36. The number of aryl methyl sites for hydroxylation is 1. The molecular weight excluding hydrogens is 440 g/mol. The summed E-state index contributed by atoms with van der Waals surface area (Å²) in [5.41, 5.74) is 8.16. The first kappa shape index (κ1) is 22.5. The molecule has 10 heteroatoms. The molecule has 1 atom stereocenters. The lowest BCUT2D eigenvalue weighted by atomic mass is 10.1. The monoisotopic (exact) mass is 464 g/mol. The number of carbonyl (C=O) groups excluding carboxylic acids is 1. The number of amides is 1. The second-order valence-corrected chi connectivity index (χ2v) is 9.35. The van der Waals surface area contributed by atoms with E-state index in [9.17, 15) is 4.79 Å². The van der Waals surface area contributed by atoms with Crippen LogP contribution in [0.4, 0.5) is 5.82 Å². The topological polar surface area (TPSA) is 117 Å². The van der Waals surface area contributed by atoms with Gasteiger partial charge in [-0.15, -0.1) is 6.42 Å². The maximum Gasteiger partial charge on any atom is 0.269 e. The van der Waals surface area contributed by atoms with E-state index < -0.39 is 6.29 Å². The molecule has 1 unspecified atom stereocenters. The van der Waals surface area contributed by atoms with Crippen LogP contribution in [0.25, 0.3) is 11.2 Å². The van der Waals surface area contributed by atoms with E-state index in [-0.39, 0.29) is 23.7 Å². The van der Waals surface area contributed by atoms with Crippen molar-refractivity contribution in [3.63, 3.8) is 0 Å². The van der Waals surface area contributed by atoms with Crippen LogP contribution in [0.15, 0.2) is 47.1 Å². The lowest BCUT2D eigenvalue weighted by molar-refractivity contribution is -0.122. The third-order valence-electron chi connectivity index (χ3n) is 4.68. The number of hydrogen-bond donors (Lipinski definition) is 2. The molecule has 0 aliphatic carbocycles. The molecule has 33 heavy (non-hydrogen) atoms. The second kappa shape index (κ2) is 9.03. The molecule has 170 valence electrons. The second-order valence-electron chi connectivity index (χ2n) is 8.38. The summed E-state index contributed by atoms with van der Waals surface area (Å²) < 4.78 is 13.5. The fourth-order valence-corrected chi connectivity index (χ4v) is 4.14. The van der Waals surface area contributed by atoms with Gasteiger partial charge in [-0.25, -0.2) is 15.0 Å². The zero-order chi connectivity index (χ0) is 23.6. The van der Waals surface area contributed by atoms with Gasteiger partial charge in [-0.05, 0) is 38.6 Å². The van der Waals surface area contributed by atoms with Gasteiger partial charge < -0.3 is 25.1 Å². The number of nitrogens with two attached hydrogens (primary N) is 1. The van der Waals surface area contributed by atoms with E-state index in [1.165, 1.54) is 24.4 Å². The lowest BCUT2D eigenvalue weighted by Crippen LogP contribution is -2.40. The highest BCUT2D eigenvalue weighted by atomic mass is 32.2. The Morgan fingerprint density at radius 2 is 2.12 bits per heavy atom. The van der Waals surface area contributed by atoms with Gasteiger partial charge in [0.25, 0.3) is 6.29 Å². The summed E-state index contributed by atoms with van der Waals surface area (Å²) in [5, 5.41) is 4.01. The molecule has 0 saturated carbocycles. The van der Waals surface area contributed by atoms with Crippen molar-refractivity contribution in [3.05, 3.63) is 53.1 Å². The largest absolute Gasteiger partial charge is 0.454 e. The van der Waals surface area contributed by atoms with Gasteiger partial charge in [0.15, 0.2) is 22.1 Å². The number of imidazole rings is 1. The number of fused-ring (bicyclic) bond motifs is 1. The van der Waals surface area contributed by atoms with Gasteiger partial charge in [0, 0.05) is 29.6 Å². The number of ether oxygens (including phenoxy) is 2. The van der Waals surface area contributed by atoms with Crippen molar-refractivity contribution in [3.8, 4) is 12.3 Å². The zero-order valence-corrected chi connectivity index (χ0v) is 19.3. The van der Waals surface area contributed by atoms with Crippen LogP contribution in [0.1, 0.15) is 44.6 Å². The van der Waals surface area contributed by atoms with Gasteiger partial charge in [0.05, 0.1) is 0 Å². The summed E-state index contributed by atoms with van der Waals surface area (Å²) in [5.74, 6) is 2.83. The number of nitrogens with one attached hydrogen (secondary N) is 1. The summed E-state index contributed by atoms with van der Waals surface area (Å²) in [6.45, 7) is 6.16. The Balaban J connectivity index is 1.55. The summed E-state index contributed by atoms with van der Waals surface area (Å²) in [4.78, 5) is 25.3. The van der Waals surface area contributed by atoms with Crippen LogP contribution < -0.4 is 11.1 Å². The molecule has 2 aromatic heterocycles. The van der Waals surface area contributed by atoms with Crippen molar-refractivity contribution in [2.45, 2.75) is 50.7 Å².